The van der Waals surface area contributed by atoms with E-state index >= 15 is 0 Å². The Bertz CT molecular complexity index is 737. The molecule has 0 spiro atoms. The summed E-state index contributed by atoms with van der Waals surface area (Å²) in [6.07, 6.45) is 4.94. The fraction of sp³-hybridized carbons (Fsp3) is 0.444. The second-order valence-corrected chi connectivity index (χ2v) is 7.29. The van der Waals surface area contributed by atoms with E-state index in [0.717, 1.165) is 47.7 Å². The van der Waals surface area contributed by atoms with Gasteiger partial charge in [0.15, 0.2) is 0 Å². The van der Waals surface area contributed by atoms with Crippen molar-refractivity contribution in [3.05, 3.63) is 34.9 Å². The lowest BCUT2D eigenvalue weighted by Crippen LogP contribution is -2.36. The minimum Gasteiger partial charge on any atom is -0.480 e. The van der Waals surface area contributed by atoms with Gasteiger partial charge in [-0.2, -0.15) is 0 Å². The van der Waals surface area contributed by atoms with Crippen LogP contribution in [0.15, 0.2) is 34.9 Å². The van der Waals surface area contributed by atoms with Crippen LogP contribution in [0.4, 0.5) is 5.69 Å². The van der Waals surface area contributed by atoms with Crippen LogP contribution in [0.3, 0.4) is 0 Å². The number of carboxylic acids is 1. The van der Waals surface area contributed by atoms with E-state index in [1.807, 2.05) is 30.3 Å². The molecule has 1 unspecified atom stereocenters. The SMILES string of the molecule is CN(CC(=O)O)C1CCCN(c2ccnc3ccc(Br)cc23)CC1. The van der Waals surface area contributed by atoms with Gasteiger partial charge >= 0.3 is 5.97 Å². The standard InChI is InChI=1S/C18H22BrN3O2/c1-21(12-18(23)24)14-3-2-9-22(10-7-14)17-6-8-20-16-5-4-13(19)11-15(16)17/h4-6,8,11,14H,2-3,7,9-10,12H2,1H3,(H,23,24). The number of rotatable bonds is 4. The molecular weight excluding hydrogens is 370 g/mol. The van der Waals surface area contributed by atoms with Crippen LogP contribution >= 0.6 is 15.9 Å². The summed E-state index contributed by atoms with van der Waals surface area (Å²) in [5.41, 5.74) is 2.21. The molecule has 0 amide bonds. The smallest absolute Gasteiger partial charge is 0.317 e. The molecule has 1 aromatic carbocycles. The highest BCUT2D eigenvalue weighted by molar-refractivity contribution is 9.10. The zero-order chi connectivity index (χ0) is 17.1. The zero-order valence-electron chi connectivity index (χ0n) is 13.8. The Balaban J connectivity index is 1.79. The van der Waals surface area contributed by atoms with Gasteiger partial charge in [0.05, 0.1) is 12.1 Å². The molecule has 3 rings (SSSR count). The highest BCUT2D eigenvalue weighted by Gasteiger charge is 2.22. The van der Waals surface area contributed by atoms with Gasteiger partial charge in [-0.25, -0.2) is 0 Å². The van der Waals surface area contributed by atoms with Gasteiger partial charge in [0.2, 0.25) is 0 Å². The van der Waals surface area contributed by atoms with Crippen molar-refractivity contribution in [3.8, 4) is 0 Å². The molecule has 1 aliphatic heterocycles. The number of benzene rings is 1. The van der Waals surface area contributed by atoms with E-state index < -0.39 is 5.97 Å². The molecule has 0 bridgehead atoms. The van der Waals surface area contributed by atoms with Crippen molar-refractivity contribution < 1.29 is 9.90 Å². The minimum atomic E-state index is -0.761. The molecule has 1 aromatic heterocycles. The molecule has 1 N–H and O–H groups in total. The first-order valence-electron chi connectivity index (χ1n) is 8.26. The maximum Gasteiger partial charge on any atom is 0.317 e. The summed E-state index contributed by atoms with van der Waals surface area (Å²) in [6, 6.07) is 8.57. The molecule has 0 saturated carbocycles. The Kier molecular flexibility index (Phi) is 5.36. The quantitative estimate of drug-likeness (QED) is 0.865. The lowest BCUT2D eigenvalue weighted by Gasteiger charge is -2.27. The van der Waals surface area contributed by atoms with E-state index in [1.165, 1.54) is 5.69 Å². The van der Waals surface area contributed by atoms with E-state index in [-0.39, 0.29) is 6.54 Å². The van der Waals surface area contributed by atoms with Crippen LogP contribution in [-0.2, 0) is 4.79 Å². The molecule has 1 atom stereocenters. The fourth-order valence-corrected chi connectivity index (χ4v) is 3.84. The van der Waals surface area contributed by atoms with Crippen molar-refractivity contribution in [1.29, 1.82) is 0 Å². The third-order valence-corrected chi connectivity index (χ3v) is 5.22. The van der Waals surface area contributed by atoms with Crippen LogP contribution in [0.5, 0.6) is 0 Å². The van der Waals surface area contributed by atoms with Gasteiger partial charge in [-0.05, 0) is 50.6 Å². The summed E-state index contributed by atoms with van der Waals surface area (Å²) in [7, 11) is 1.91. The number of carboxylic acid groups (broad SMARTS) is 1. The number of pyridine rings is 1. The van der Waals surface area contributed by atoms with Crippen LogP contribution in [0.2, 0.25) is 0 Å². The predicted octanol–water partition coefficient (Wildman–Crippen LogP) is 3.37. The third-order valence-electron chi connectivity index (χ3n) is 4.73. The van der Waals surface area contributed by atoms with Crippen LogP contribution in [0.25, 0.3) is 10.9 Å². The van der Waals surface area contributed by atoms with Gasteiger partial charge in [0, 0.05) is 40.9 Å². The molecule has 5 nitrogen and oxygen atoms in total. The highest BCUT2D eigenvalue weighted by Crippen LogP contribution is 2.30. The Hall–Kier alpha value is -1.66. The highest BCUT2D eigenvalue weighted by atomic mass is 79.9. The maximum absolute atomic E-state index is 10.9. The second kappa shape index (κ2) is 7.49. The number of fused-ring (bicyclic) bond motifs is 1. The molecule has 0 aliphatic carbocycles. The van der Waals surface area contributed by atoms with Gasteiger partial charge in [-0.15, -0.1) is 0 Å². The van der Waals surface area contributed by atoms with E-state index in [4.69, 9.17) is 5.11 Å². The molecular formula is C18H22BrN3O2. The average Bonchev–Trinajstić information content (AvgIpc) is 2.79. The Labute approximate surface area is 150 Å². The molecule has 1 fully saturated rings. The molecule has 2 heterocycles. The van der Waals surface area contributed by atoms with E-state index in [9.17, 15) is 4.79 Å². The number of nitrogens with zero attached hydrogens (tertiary/aromatic N) is 3. The Morgan fingerprint density at radius 3 is 3.00 bits per heavy atom. The number of hydrogen-bond acceptors (Lipinski definition) is 4. The molecule has 0 radical (unpaired) electrons. The van der Waals surface area contributed by atoms with E-state index in [1.54, 1.807) is 0 Å². The number of anilines is 1. The maximum atomic E-state index is 10.9. The van der Waals surface area contributed by atoms with Gasteiger partial charge in [-0.3, -0.25) is 14.7 Å². The van der Waals surface area contributed by atoms with E-state index in [0.29, 0.717) is 6.04 Å². The van der Waals surface area contributed by atoms with Crippen molar-refractivity contribution in [1.82, 2.24) is 9.88 Å². The van der Waals surface area contributed by atoms with Gasteiger partial charge in [-0.1, -0.05) is 15.9 Å². The summed E-state index contributed by atoms with van der Waals surface area (Å²) < 4.78 is 1.05. The number of aromatic nitrogens is 1. The van der Waals surface area contributed by atoms with Crippen LogP contribution < -0.4 is 4.90 Å². The predicted molar refractivity (Wildman–Crippen MR) is 99.6 cm³/mol. The third kappa shape index (κ3) is 3.87. The Morgan fingerprint density at radius 2 is 2.21 bits per heavy atom. The fourth-order valence-electron chi connectivity index (χ4n) is 3.48. The van der Waals surface area contributed by atoms with Crippen molar-refractivity contribution >= 4 is 38.5 Å². The minimum absolute atomic E-state index is 0.107. The van der Waals surface area contributed by atoms with Crippen LogP contribution in [0, 0.1) is 0 Å². The van der Waals surface area contributed by atoms with E-state index in [2.05, 4.69) is 37.9 Å². The largest absolute Gasteiger partial charge is 0.480 e. The molecule has 1 aliphatic rings. The number of halogens is 1. The van der Waals surface area contributed by atoms with Gasteiger partial charge in [0.1, 0.15) is 0 Å². The zero-order valence-corrected chi connectivity index (χ0v) is 15.4. The summed E-state index contributed by atoms with van der Waals surface area (Å²) in [6.45, 7) is 2.03. The van der Waals surface area contributed by atoms with Crippen LogP contribution in [-0.4, -0.2) is 53.7 Å². The van der Waals surface area contributed by atoms with Crippen LogP contribution in [0.1, 0.15) is 19.3 Å². The lowest BCUT2D eigenvalue weighted by atomic mass is 10.1. The molecule has 128 valence electrons. The summed E-state index contributed by atoms with van der Waals surface area (Å²) in [4.78, 5) is 19.8. The first-order valence-corrected chi connectivity index (χ1v) is 9.05. The number of likely N-dealkylation sites (N-methyl/N-ethyl adjacent to an activating group) is 1. The Morgan fingerprint density at radius 1 is 1.38 bits per heavy atom. The van der Waals surface area contributed by atoms with Gasteiger partial charge < -0.3 is 10.0 Å². The number of carbonyl (C=O) groups is 1. The molecule has 24 heavy (non-hydrogen) atoms. The topological polar surface area (TPSA) is 56.7 Å². The summed E-state index contributed by atoms with van der Waals surface area (Å²) in [5.74, 6) is -0.761. The van der Waals surface area contributed by atoms with Crippen molar-refractivity contribution in [2.45, 2.75) is 25.3 Å². The number of aliphatic carboxylic acids is 1. The number of hydrogen-bond donors (Lipinski definition) is 1. The van der Waals surface area contributed by atoms with Crippen molar-refractivity contribution in [3.63, 3.8) is 0 Å². The van der Waals surface area contributed by atoms with Crippen molar-refractivity contribution in [2.75, 3.05) is 31.6 Å². The molecule has 2 aromatic rings. The van der Waals surface area contributed by atoms with Crippen molar-refractivity contribution in [2.24, 2.45) is 0 Å². The average molecular weight is 392 g/mol. The first-order chi connectivity index (χ1) is 11.5. The molecule has 1 saturated heterocycles. The first kappa shape index (κ1) is 17.2. The normalized spacial score (nSPS) is 18.8. The molecule has 6 heteroatoms. The van der Waals surface area contributed by atoms with Gasteiger partial charge in [0.25, 0.3) is 0 Å². The lowest BCUT2D eigenvalue weighted by molar-refractivity contribution is -0.138. The monoisotopic (exact) mass is 391 g/mol. The second-order valence-electron chi connectivity index (χ2n) is 6.37. The summed E-state index contributed by atoms with van der Waals surface area (Å²) in [5, 5.41) is 10.2. The summed E-state index contributed by atoms with van der Waals surface area (Å²) >= 11 is 3.55.